The number of aromatic nitrogens is 2. The maximum atomic E-state index is 5.82. The van der Waals surface area contributed by atoms with Crippen LogP contribution in [0.1, 0.15) is 11.1 Å². The fraction of sp³-hybridized carbons (Fsp3) is 0.375. The molecule has 162 valence electrons. The van der Waals surface area contributed by atoms with Crippen LogP contribution >= 0.6 is 0 Å². The number of ether oxygens (including phenoxy) is 4. The van der Waals surface area contributed by atoms with E-state index in [-0.39, 0.29) is 12.9 Å². The van der Waals surface area contributed by atoms with E-state index in [1.807, 2.05) is 28.9 Å². The second-order valence-electron chi connectivity index (χ2n) is 8.02. The third-order valence-corrected chi connectivity index (χ3v) is 5.51. The van der Waals surface area contributed by atoms with Crippen LogP contribution in [-0.2, 0) is 22.6 Å². The average Bonchev–Trinajstić information content (AvgIpc) is 3.41. The van der Waals surface area contributed by atoms with Crippen molar-refractivity contribution < 1.29 is 18.9 Å². The van der Waals surface area contributed by atoms with Crippen LogP contribution in [0.4, 0.5) is 0 Å². The summed E-state index contributed by atoms with van der Waals surface area (Å²) in [5.74, 6) is 1.54. The summed E-state index contributed by atoms with van der Waals surface area (Å²) in [4.78, 5) is 2.26. The topological polar surface area (TPSA) is 58.0 Å². The van der Waals surface area contributed by atoms with E-state index in [0.29, 0.717) is 19.8 Å². The zero-order chi connectivity index (χ0) is 21.0. The highest BCUT2D eigenvalue weighted by Gasteiger charge is 2.21. The number of fused-ring (bicyclic) bond motifs is 1. The summed E-state index contributed by atoms with van der Waals surface area (Å²) in [5.41, 5.74) is 4.36. The monoisotopic (exact) mass is 421 g/mol. The highest BCUT2D eigenvalue weighted by molar-refractivity contribution is 5.67. The van der Waals surface area contributed by atoms with Gasteiger partial charge in [0, 0.05) is 30.4 Å². The van der Waals surface area contributed by atoms with Crippen LogP contribution in [0.25, 0.3) is 11.3 Å². The third kappa shape index (κ3) is 4.74. The molecule has 0 bridgehead atoms. The summed E-state index contributed by atoms with van der Waals surface area (Å²) < 4.78 is 24.4. The van der Waals surface area contributed by atoms with Crippen LogP contribution < -0.4 is 9.47 Å². The van der Waals surface area contributed by atoms with Crippen molar-refractivity contribution in [3.63, 3.8) is 0 Å². The van der Waals surface area contributed by atoms with Gasteiger partial charge in [0.25, 0.3) is 0 Å². The molecule has 2 aromatic carbocycles. The second-order valence-corrected chi connectivity index (χ2v) is 8.02. The van der Waals surface area contributed by atoms with Gasteiger partial charge in [0.15, 0.2) is 11.5 Å². The van der Waals surface area contributed by atoms with Crippen molar-refractivity contribution in [2.24, 2.45) is 0 Å². The highest BCUT2D eigenvalue weighted by atomic mass is 16.7. The molecule has 1 atom stereocenters. The van der Waals surface area contributed by atoms with E-state index in [1.54, 1.807) is 0 Å². The van der Waals surface area contributed by atoms with Crippen molar-refractivity contribution in [2.75, 3.05) is 40.2 Å². The summed E-state index contributed by atoms with van der Waals surface area (Å²) in [6, 6.07) is 16.4. The van der Waals surface area contributed by atoms with Gasteiger partial charge in [-0.1, -0.05) is 30.3 Å². The lowest BCUT2D eigenvalue weighted by molar-refractivity contribution is -0.0962. The maximum Gasteiger partial charge on any atom is 0.231 e. The number of likely N-dealkylation sites (N-methyl/N-ethyl adjacent to an activating group) is 1. The summed E-state index contributed by atoms with van der Waals surface area (Å²) in [7, 11) is 2.11. The van der Waals surface area contributed by atoms with E-state index in [2.05, 4.69) is 42.4 Å². The first kappa shape index (κ1) is 20.1. The number of hydrogen-bond donors (Lipinski definition) is 0. The predicted octanol–water partition coefficient (Wildman–Crippen LogP) is 3.17. The molecule has 1 fully saturated rings. The lowest BCUT2D eigenvalue weighted by Crippen LogP contribution is -2.38. The van der Waals surface area contributed by atoms with Crippen molar-refractivity contribution >= 4 is 0 Å². The number of rotatable bonds is 7. The average molecular weight is 421 g/mol. The summed E-state index contributed by atoms with van der Waals surface area (Å²) in [6.07, 6.45) is 2.24. The molecule has 1 unspecified atom stereocenters. The van der Waals surface area contributed by atoms with Gasteiger partial charge in [0.05, 0.1) is 38.2 Å². The third-order valence-electron chi connectivity index (χ3n) is 5.51. The molecular weight excluding hydrogens is 394 g/mol. The molecule has 0 aliphatic carbocycles. The molecule has 0 amide bonds. The Balaban J connectivity index is 1.40. The smallest absolute Gasteiger partial charge is 0.231 e. The molecule has 7 nitrogen and oxygen atoms in total. The molecule has 1 saturated heterocycles. The molecule has 5 rings (SSSR count). The van der Waals surface area contributed by atoms with Gasteiger partial charge in [-0.05, 0) is 30.8 Å². The summed E-state index contributed by atoms with van der Waals surface area (Å²) in [6.45, 7) is 4.55. The molecule has 7 heteroatoms. The van der Waals surface area contributed by atoms with Crippen molar-refractivity contribution in [1.29, 1.82) is 0 Å². The first-order valence-electron chi connectivity index (χ1n) is 10.6. The normalized spacial score (nSPS) is 17.9. The van der Waals surface area contributed by atoms with Crippen LogP contribution in [0.5, 0.6) is 11.5 Å². The fourth-order valence-electron chi connectivity index (χ4n) is 4.06. The van der Waals surface area contributed by atoms with E-state index < -0.39 is 0 Å². The minimum absolute atomic E-state index is 0.104. The van der Waals surface area contributed by atoms with Crippen molar-refractivity contribution in [1.82, 2.24) is 14.7 Å². The van der Waals surface area contributed by atoms with Gasteiger partial charge >= 0.3 is 0 Å². The molecule has 2 aliphatic rings. The van der Waals surface area contributed by atoms with E-state index >= 15 is 0 Å². The van der Waals surface area contributed by atoms with Crippen LogP contribution in [0.15, 0.2) is 54.7 Å². The maximum absolute atomic E-state index is 5.82. The molecule has 3 heterocycles. The van der Waals surface area contributed by atoms with Gasteiger partial charge < -0.3 is 18.9 Å². The van der Waals surface area contributed by atoms with Crippen LogP contribution in [0.3, 0.4) is 0 Å². The highest BCUT2D eigenvalue weighted by Crippen LogP contribution is 2.36. The van der Waals surface area contributed by atoms with Gasteiger partial charge in [-0.25, -0.2) is 0 Å². The van der Waals surface area contributed by atoms with E-state index in [9.17, 15) is 0 Å². The first-order chi connectivity index (χ1) is 15.2. The Bertz CT molecular complexity index is 1010. The molecular formula is C24H27N3O4. The van der Waals surface area contributed by atoms with Crippen LogP contribution in [-0.4, -0.2) is 61.0 Å². The first-order valence-corrected chi connectivity index (χ1v) is 10.6. The molecule has 0 spiro atoms. The van der Waals surface area contributed by atoms with Crippen LogP contribution in [0.2, 0.25) is 0 Å². The minimum Gasteiger partial charge on any atom is -0.454 e. The largest absolute Gasteiger partial charge is 0.454 e. The number of hydrogen-bond acceptors (Lipinski definition) is 6. The lowest BCUT2D eigenvalue weighted by Gasteiger charge is -2.27. The molecule has 31 heavy (non-hydrogen) atoms. The molecule has 0 N–H and O–H groups in total. The molecule has 1 aromatic heterocycles. The van der Waals surface area contributed by atoms with Gasteiger partial charge in [-0.3, -0.25) is 9.58 Å². The van der Waals surface area contributed by atoms with Crippen molar-refractivity contribution in [3.05, 3.63) is 65.9 Å². The van der Waals surface area contributed by atoms with Crippen LogP contribution in [0, 0.1) is 0 Å². The number of nitrogens with zero attached hydrogens (tertiary/aromatic N) is 3. The van der Waals surface area contributed by atoms with Gasteiger partial charge in [0.2, 0.25) is 6.79 Å². The Hall–Kier alpha value is -2.87. The molecule has 0 radical (unpaired) electrons. The zero-order valence-electron chi connectivity index (χ0n) is 17.7. The lowest BCUT2D eigenvalue weighted by atomic mass is 10.1. The SMILES string of the molecule is CN(Cc1cn(Cc2ccccc2)nc1-c1ccc2c(c1)OCO2)CC1COCCO1. The zero-order valence-corrected chi connectivity index (χ0v) is 17.7. The Morgan fingerprint density at radius 2 is 1.94 bits per heavy atom. The van der Waals surface area contributed by atoms with Crippen molar-refractivity contribution in [2.45, 2.75) is 19.2 Å². The van der Waals surface area contributed by atoms with Gasteiger partial charge in [-0.2, -0.15) is 5.10 Å². The second kappa shape index (κ2) is 9.09. The molecule has 2 aliphatic heterocycles. The van der Waals surface area contributed by atoms with Crippen molar-refractivity contribution in [3.8, 4) is 22.8 Å². The summed E-state index contributed by atoms with van der Waals surface area (Å²) >= 11 is 0. The quantitative estimate of drug-likeness (QED) is 0.584. The van der Waals surface area contributed by atoms with Gasteiger partial charge in [0.1, 0.15) is 0 Å². The van der Waals surface area contributed by atoms with E-state index in [0.717, 1.165) is 48.0 Å². The number of benzene rings is 2. The Morgan fingerprint density at radius 3 is 2.77 bits per heavy atom. The summed E-state index contributed by atoms with van der Waals surface area (Å²) in [5, 5.41) is 4.94. The van der Waals surface area contributed by atoms with Gasteiger partial charge in [-0.15, -0.1) is 0 Å². The standard InChI is InChI=1S/C24H27N3O4/c1-26(15-21-16-28-9-10-29-21)13-20-14-27(12-18-5-3-2-4-6-18)25-24(20)19-7-8-22-23(11-19)31-17-30-22/h2-8,11,14,21H,9-10,12-13,15-17H2,1H3. The fourth-order valence-corrected chi connectivity index (χ4v) is 4.06. The molecule has 3 aromatic rings. The minimum atomic E-state index is 0.104. The molecule has 0 saturated carbocycles. The Labute approximate surface area is 182 Å². The van der Waals surface area contributed by atoms with E-state index in [4.69, 9.17) is 24.0 Å². The Morgan fingerprint density at radius 1 is 1.06 bits per heavy atom. The predicted molar refractivity (Wildman–Crippen MR) is 116 cm³/mol. The van der Waals surface area contributed by atoms with E-state index in [1.165, 1.54) is 5.56 Å². The Kier molecular flexibility index (Phi) is 5.88.